The maximum Gasteiger partial charge on any atom is 0.268 e. The lowest BCUT2D eigenvalue weighted by Crippen LogP contribution is -2.45. The molecule has 2 aromatic rings. The zero-order valence-electron chi connectivity index (χ0n) is 14.9. The third-order valence-electron chi connectivity index (χ3n) is 3.86. The van der Waals surface area contributed by atoms with E-state index in [9.17, 15) is 14.4 Å². The average Bonchev–Trinajstić information content (AvgIpc) is 2.84. The second kappa shape index (κ2) is 6.59. The van der Waals surface area contributed by atoms with E-state index in [4.69, 9.17) is 0 Å². The van der Waals surface area contributed by atoms with Crippen molar-refractivity contribution in [1.29, 1.82) is 0 Å². The van der Waals surface area contributed by atoms with Gasteiger partial charge in [0.2, 0.25) is 0 Å². The highest BCUT2D eigenvalue weighted by Crippen LogP contribution is 2.27. The Labute approximate surface area is 152 Å². The number of hydrogen-bond donors (Lipinski definition) is 1. The highest BCUT2D eigenvalue weighted by molar-refractivity contribution is 6.25. The van der Waals surface area contributed by atoms with E-state index >= 15 is 0 Å². The Morgan fingerprint density at radius 1 is 0.885 bits per heavy atom. The number of fused-ring (bicyclic) bond motifs is 1. The van der Waals surface area contributed by atoms with Gasteiger partial charge in [-0.3, -0.25) is 14.4 Å². The van der Waals surface area contributed by atoms with E-state index in [2.05, 4.69) is 5.32 Å². The van der Waals surface area contributed by atoms with Gasteiger partial charge < -0.3 is 5.32 Å². The Bertz CT molecular complexity index is 873. The zero-order chi connectivity index (χ0) is 18.9. The van der Waals surface area contributed by atoms with Crippen molar-refractivity contribution >= 4 is 23.8 Å². The van der Waals surface area contributed by atoms with Crippen LogP contribution in [0.4, 0.5) is 0 Å². The molecule has 0 aliphatic carbocycles. The fraction of sp³-hybridized carbons (Fsp3) is 0.190. The largest absolute Gasteiger partial charge is 0.346 e. The molecule has 5 nitrogen and oxygen atoms in total. The minimum Gasteiger partial charge on any atom is -0.346 e. The fourth-order valence-corrected chi connectivity index (χ4v) is 2.75. The van der Waals surface area contributed by atoms with Gasteiger partial charge in [0.1, 0.15) is 5.70 Å². The van der Waals surface area contributed by atoms with Crippen LogP contribution in [0, 0.1) is 0 Å². The number of nitrogens with zero attached hydrogens (tertiary/aromatic N) is 1. The Hall–Kier alpha value is -3.21. The Morgan fingerprint density at radius 2 is 1.38 bits per heavy atom. The molecule has 0 unspecified atom stereocenters. The van der Waals surface area contributed by atoms with Crippen LogP contribution in [0.1, 0.15) is 47.1 Å². The quantitative estimate of drug-likeness (QED) is 0.684. The van der Waals surface area contributed by atoms with Crippen molar-refractivity contribution < 1.29 is 14.4 Å². The molecule has 1 N–H and O–H groups in total. The van der Waals surface area contributed by atoms with Crippen LogP contribution in [-0.2, 0) is 4.79 Å². The molecule has 3 amide bonds. The van der Waals surface area contributed by atoms with Gasteiger partial charge >= 0.3 is 0 Å². The predicted molar refractivity (Wildman–Crippen MR) is 99.3 cm³/mol. The molecule has 0 saturated heterocycles. The van der Waals surface area contributed by atoms with Crippen LogP contribution in [0.2, 0.25) is 0 Å². The SMILES string of the molecule is CC(C)(C)NC(=O)/C(=C\c1ccccc1)N1C(=O)c2ccccc2C1=O. The summed E-state index contributed by atoms with van der Waals surface area (Å²) < 4.78 is 0. The fourth-order valence-electron chi connectivity index (χ4n) is 2.75. The molecule has 1 heterocycles. The summed E-state index contributed by atoms with van der Waals surface area (Å²) in [5.41, 5.74) is 0.839. The maximum atomic E-state index is 12.9. The van der Waals surface area contributed by atoms with Crippen LogP contribution in [0.25, 0.3) is 6.08 Å². The standard InChI is InChI=1S/C21H20N2O3/c1-21(2,3)22-18(24)17(13-14-9-5-4-6-10-14)23-19(25)15-11-7-8-12-16(15)20(23)26/h4-13H,1-3H3,(H,22,24)/b17-13+. The first-order chi connectivity index (χ1) is 12.3. The van der Waals surface area contributed by atoms with E-state index in [1.165, 1.54) is 0 Å². The first-order valence-electron chi connectivity index (χ1n) is 8.35. The summed E-state index contributed by atoms with van der Waals surface area (Å²) in [4.78, 5) is 39.4. The smallest absolute Gasteiger partial charge is 0.268 e. The number of carbonyl (C=O) groups is 3. The Morgan fingerprint density at radius 3 is 1.88 bits per heavy atom. The topological polar surface area (TPSA) is 66.5 Å². The second-order valence-electron chi connectivity index (χ2n) is 7.14. The average molecular weight is 348 g/mol. The molecule has 1 aliphatic heterocycles. The summed E-state index contributed by atoms with van der Waals surface area (Å²) in [5.74, 6) is -1.45. The van der Waals surface area contributed by atoms with Crippen molar-refractivity contribution in [1.82, 2.24) is 10.2 Å². The molecule has 3 rings (SSSR count). The first-order valence-corrected chi connectivity index (χ1v) is 8.35. The predicted octanol–water partition coefficient (Wildman–Crippen LogP) is 3.24. The first kappa shape index (κ1) is 17.6. The third kappa shape index (κ3) is 3.42. The van der Waals surface area contributed by atoms with Crippen molar-refractivity contribution in [3.8, 4) is 0 Å². The van der Waals surface area contributed by atoms with Gasteiger partial charge in [0.15, 0.2) is 0 Å². The number of hydrogen-bond acceptors (Lipinski definition) is 3. The molecule has 5 heteroatoms. The molecule has 2 aromatic carbocycles. The lowest BCUT2D eigenvalue weighted by molar-refractivity contribution is -0.119. The lowest BCUT2D eigenvalue weighted by atomic mass is 10.1. The van der Waals surface area contributed by atoms with E-state index in [0.717, 1.165) is 10.5 Å². The molecule has 0 saturated carbocycles. The summed E-state index contributed by atoms with van der Waals surface area (Å²) in [6, 6.07) is 15.7. The summed E-state index contributed by atoms with van der Waals surface area (Å²) in [5, 5.41) is 2.83. The van der Waals surface area contributed by atoms with E-state index in [1.54, 1.807) is 30.3 Å². The molecular weight excluding hydrogens is 328 g/mol. The van der Waals surface area contributed by atoms with Crippen LogP contribution in [-0.4, -0.2) is 28.2 Å². The molecular formula is C21H20N2O3. The third-order valence-corrected chi connectivity index (χ3v) is 3.86. The summed E-state index contributed by atoms with van der Waals surface area (Å²) in [7, 11) is 0. The molecule has 0 fully saturated rings. The molecule has 1 aliphatic rings. The Balaban J connectivity index is 2.07. The molecule has 0 radical (unpaired) electrons. The van der Waals surface area contributed by atoms with Crippen molar-refractivity contribution in [2.24, 2.45) is 0 Å². The van der Waals surface area contributed by atoms with Gasteiger partial charge in [0.05, 0.1) is 11.1 Å². The van der Waals surface area contributed by atoms with Gasteiger partial charge in [-0.15, -0.1) is 0 Å². The second-order valence-corrected chi connectivity index (χ2v) is 7.14. The number of imide groups is 1. The molecule has 0 bridgehead atoms. The van der Waals surface area contributed by atoms with Gasteiger partial charge in [-0.05, 0) is 44.5 Å². The monoisotopic (exact) mass is 348 g/mol. The normalized spacial score (nSPS) is 14.4. The number of amides is 3. The van der Waals surface area contributed by atoms with Gasteiger partial charge in [0.25, 0.3) is 17.7 Å². The molecule has 132 valence electrons. The number of carbonyl (C=O) groups excluding carboxylic acids is 3. The van der Waals surface area contributed by atoms with Crippen LogP contribution >= 0.6 is 0 Å². The summed E-state index contributed by atoms with van der Waals surface area (Å²) >= 11 is 0. The molecule has 0 atom stereocenters. The van der Waals surface area contributed by atoms with Gasteiger partial charge in [-0.25, -0.2) is 4.90 Å². The van der Waals surface area contributed by atoms with Crippen LogP contribution < -0.4 is 5.32 Å². The summed E-state index contributed by atoms with van der Waals surface area (Å²) in [6.07, 6.45) is 1.56. The highest BCUT2D eigenvalue weighted by atomic mass is 16.2. The van der Waals surface area contributed by atoms with Crippen molar-refractivity contribution in [3.05, 3.63) is 77.0 Å². The lowest BCUT2D eigenvalue weighted by Gasteiger charge is -2.24. The van der Waals surface area contributed by atoms with E-state index in [1.807, 2.05) is 51.1 Å². The Kier molecular flexibility index (Phi) is 4.47. The highest BCUT2D eigenvalue weighted by Gasteiger charge is 2.40. The minimum absolute atomic E-state index is 0.0114. The molecule has 0 aromatic heterocycles. The number of nitrogens with one attached hydrogen (secondary N) is 1. The van der Waals surface area contributed by atoms with E-state index in [-0.39, 0.29) is 5.70 Å². The number of benzene rings is 2. The van der Waals surface area contributed by atoms with Crippen LogP contribution in [0.5, 0.6) is 0 Å². The van der Waals surface area contributed by atoms with Crippen molar-refractivity contribution in [2.75, 3.05) is 0 Å². The van der Waals surface area contributed by atoms with Crippen molar-refractivity contribution in [3.63, 3.8) is 0 Å². The van der Waals surface area contributed by atoms with E-state index in [0.29, 0.717) is 11.1 Å². The molecule has 26 heavy (non-hydrogen) atoms. The van der Waals surface area contributed by atoms with Crippen LogP contribution in [0.15, 0.2) is 60.3 Å². The zero-order valence-corrected chi connectivity index (χ0v) is 14.9. The molecule has 0 spiro atoms. The van der Waals surface area contributed by atoms with Crippen molar-refractivity contribution in [2.45, 2.75) is 26.3 Å². The summed E-state index contributed by atoms with van der Waals surface area (Å²) in [6.45, 7) is 5.52. The number of rotatable bonds is 3. The van der Waals surface area contributed by atoms with E-state index < -0.39 is 23.3 Å². The van der Waals surface area contributed by atoms with Crippen LogP contribution in [0.3, 0.4) is 0 Å². The van der Waals surface area contributed by atoms with Gasteiger partial charge in [0, 0.05) is 5.54 Å². The van der Waals surface area contributed by atoms with Gasteiger partial charge in [-0.2, -0.15) is 0 Å². The minimum atomic E-state index is -0.508. The van der Waals surface area contributed by atoms with Gasteiger partial charge in [-0.1, -0.05) is 42.5 Å². The maximum absolute atomic E-state index is 12.9.